The molecule has 0 aliphatic heterocycles. The van der Waals surface area contributed by atoms with E-state index in [0.717, 1.165) is 0 Å². The number of hydrogen-bond acceptors (Lipinski definition) is 4. The lowest BCUT2D eigenvalue weighted by Gasteiger charge is -2.06. The van der Waals surface area contributed by atoms with Gasteiger partial charge < -0.3 is 4.74 Å². The number of benzene rings is 3. The van der Waals surface area contributed by atoms with Gasteiger partial charge in [0.05, 0.1) is 32.4 Å². The van der Waals surface area contributed by atoms with Gasteiger partial charge in [-0.15, -0.1) is 0 Å². The van der Waals surface area contributed by atoms with Crippen LogP contribution in [0.4, 0.5) is 0 Å². The second-order valence-corrected chi connectivity index (χ2v) is 7.57. The fourth-order valence-electron chi connectivity index (χ4n) is 2.31. The van der Waals surface area contributed by atoms with E-state index in [0.29, 0.717) is 21.4 Å². The Morgan fingerprint density at radius 2 is 1.57 bits per heavy atom. The number of esters is 1. The van der Waals surface area contributed by atoms with E-state index in [2.05, 4.69) is 10.5 Å². The van der Waals surface area contributed by atoms with E-state index < -0.39 is 11.9 Å². The molecule has 0 bridgehead atoms. The van der Waals surface area contributed by atoms with Crippen LogP contribution >= 0.6 is 46.4 Å². The van der Waals surface area contributed by atoms with E-state index in [1.165, 1.54) is 36.5 Å². The maximum absolute atomic E-state index is 12.2. The highest BCUT2D eigenvalue weighted by Crippen LogP contribution is 2.24. The Morgan fingerprint density at radius 3 is 2.23 bits per heavy atom. The number of ether oxygens (including phenoxy) is 1. The zero-order chi connectivity index (χ0) is 21.7. The van der Waals surface area contributed by atoms with Crippen LogP contribution < -0.4 is 10.2 Å². The van der Waals surface area contributed by atoms with Crippen molar-refractivity contribution in [1.82, 2.24) is 5.43 Å². The molecule has 3 aromatic carbocycles. The summed E-state index contributed by atoms with van der Waals surface area (Å²) in [5.41, 5.74) is 3.58. The lowest BCUT2D eigenvalue weighted by Crippen LogP contribution is -2.18. The second kappa shape index (κ2) is 9.96. The summed E-state index contributed by atoms with van der Waals surface area (Å²) in [7, 11) is 0. The zero-order valence-electron chi connectivity index (χ0n) is 15.0. The van der Waals surface area contributed by atoms with Crippen LogP contribution in [0.25, 0.3) is 0 Å². The lowest BCUT2D eigenvalue weighted by atomic mass is 10.2. The first-order valence-corrected chi connectivity index (χ1v) is 9.90. The van der Waals surface area contributed by atoms with Gasteiger partial charge in [0.25, 0.3) is 5.91 Å². The van der Waals surface area contributed by atoms with Crippen molar-refractivity contribution >= 4 is 64.5 Å². The number of carbonyl (C=O) groups excluding carboxylic acids is 2. The molecular formula is C21H12Cl4N2O3. The van der Waals surface area contributed by atoms with Gasteiger partial charge in [-0.1, -0.05) is 46.4 Å². The first-order valence-electron chi connectivity index (χ1n) is 8.39. The van der Waals surface area contributed by atoms with Crippen LogP contribution in [-0.4, -0.2) is 18.1 Å². The molecule has 0 aromatic heterocycles. The monoisotopic (exact) mass is 480 g/mol. The highest BCUT2D eigenvalue weighted by atomic mass is 35.5. The summed E-state index contributed by atoms with van der Waals surface area (Å²) in [6, 6.07) is 15.5. The molecule has 1 amide bonds. The van der Waals surface area contributed by atoms with Crippen molar-refractivity contribution in [3.8, 4) is 5.75 Å². The molecule has 0 spiro atoms. The Morgan fingerprint density at radius 1 is 0.833 bits per heavy atom. The van der Waals surface area contributed by atoms with E-state index in [4.69, 9.17) is 51.1 Å². The summed E-state index contributed by atoms with van der Waals surface area (Å²) >= 11 is 23.5. The predicted molar refractivity (Wildman–Crippen MR) is 119 cm³/mol. The highest BCUT2D eigenvalue weighted by Gasteiger charge is 2.11. The number of halogens is 4. The van der Waals surface area contributed by atoms with Gasteiger partial charge in [0.2, 0.25) is 0 Å². The topological polar surface area (TPSA) is 67.8 Å². The normalized spacial score (nSPS) is 10.8. The first-order chi connectivity index (χ1) is 14.3. The average Bonchev–Trinajstić information content (AvgIpc) is 2.71. The largest absolute Gasteiger partial charge is 0.423 e. The Hall–Kier alpha value is -2.57. The van der Waals surface area contributed by atoms with Crippen LogP contribution in [-0.2, 0) is 0 Å². The third kappa shape index (κ3) is 5.74. The smallest absolute Gasteiger partial charge is 0.343 e. The van der Waals surface area contributed by atoms with Gasteiger partial charge in [-0.25, -0.2) is 10.2 Å². The van der Waals surface area contributed by atoms with Crippen molar-refractivity contribution in [1.29, 1.82) is 0 Å². The van der Waals surface area contributed by atoms with Gasteiger partial charge in [0, 0.05) is 5.02 Å². The summed E-state index contributed by atoms with van der Waals surface area (Å²) in [6.07, 6.45) is 1.44. The quantitative estimate of drug-likeness (QED) is 0.201. The number of nitrogens with zero attached hydrogens (tertiary/aromatic N) is 1. The minimum Gasteiger partial charge on any atom is -0.423 e. The molecule has 5 nitrogen and oxygen atoms in total. The molecule has 0 atom stereocenters. The van der Waals surface area contributed by atoms with Gasteiger partial charge in [-0.2, -0.15) is 5.10 Å². The van der Waals surface area contributed by atoms with E-state index in [1.807, 2.05) is 0 Å². The second-order valence-electron chi connectivity index (χ2n) is 5.91. The van der Waals surface area contributed by atoms with Crippen LogP contribution in [0.2, 0.25) is 20.1 Å². The van der Waals surface area contributed by atoms with Crippen molar-refractivity contribution in [2.75, 3.05) is 0 Å². The number of hydrazone groups is 1. The fourth-order valence-corrected chi connectivity index (χ4v) is 3.10. The molecule has 1 N–H and O–H groups in total. The molecule has 0 aliphatic carbocycles. The van der Waals surface area contributed by atoms with Crippen molar-refractivity contribution in [2.45, 2.75) is 0 Å². The Kier molecular flexibility index (Phi) is 7.34. The van der Waals surface area contributed by atoms with Gasteiger partial charge in [0.1, 0.15) is 5.75 Å². The zero-order valence-corrected chi connectivity index (χ0v) is 18.1. The molecule has 3 rings (SSSR count). The van der Waals surface area contributed by atoms with Crippen LogP contribution in [0, 0.1) is 0 Å². The molecule has 30 heavy (non-hydrogen) atoms. The molecule has 9 heteroatoms. The standard InChI is InChI=1S/C21H12Cl4N2O3/c22-14-4-7-16(18(24)10-14)20(28)27-26-11-12-1-5-15(6-2-12)30-21(29)13-3-8-17(23)19(25)9-13/h1-11H,(H,27,28)/b26-11-. The molecule has 0 saturated heterocycles. The molecule has 0 heterocycles. The number of hydrogen-bond donors (Lipinski definition) is 1. The van der Waals surface area contributed by atoms with Crippen molar-refractivity contribution < 1.29 is 14.3 Å². The van der Waals surface area contributed by atoms with E-state index in [-0.39, 0.29) is 21.2 Å². The van der Waals surface area contributed by atoms with E-state index >= 15 is 0 Å². The molecule has 0 saturated carbocycles. The summed E-state index contributed by atoms with van der Waals surface area (Å²) in [5.74, 6) is -0.706. The Labute approximate surface area is 192 Å². The first kappa shape index (κ1) is 22.1. The van der Waals surface area contributed by atoms with Gasteiger partial charge in [-0.3, -0.25) is 4.79 Å². The number of amides is 1. The van der Waals surface area contributed by atoms with Crippen LogP contribution in [0.5, 0.6) is 5.75 Å². The summed E-state index contributed by atoms with van der Waals surface area (Å²) in [4.78, 5) is 24.3. The number of rotatable bonds is 5. The van der Waals surface area contributed by atoms with Crippen molar-refractivity contribution in [2.24, 2.45) is 5.10 Å². The Balaban J connectivity index is 1.59. The SMILES string of the molecule is O=C(Oc1ccc(/C=N\NC(=O)c2ccc(Cl)cc2Cl)cc1)c1ccc(Cl)c(Cl)c1. The van der Waals surface area contributed by atoms with Crippen LogP contribution in [0.3, 0.4) is 0 Å². The molecule has 0 radical (unpaired) electrons. The summed E-state index contributed by atoms with van der Waals surface area (Å²) in [5, 5.41) is 5.16. The molecular weight excluding hydrogens is 470 g/mol. The van der Waals surface area contributed by atoms with Crippen molar-refractivity contribution in [3.63, 3.8) is 0 Å². The number of nitrogens with one attached hydrogen (secondary N) is 1. The third-order valence-corrected chi connectivity index (χ3v) is 5.09. The van der Waals surface area contributed by atoms with Crippen LogP contribution in [0.1, 0.15) is 26.3 Å². The Bertz CT molecular complexity index is 1130. The minimum atomic E-state index is -0.568. The maximum atomic E-state index is 12.2. The maximum Gasteiger partial charge on any atom is 0.343 e. The highest BCUT2D eigenvalue weighted by molar-refractivity contribution is 6.42. The molecule has 0 unspecified atom stereocenters. The average molecular weight is 482 g/mol. The fraction of sp³-hybridized carbons (Fsp3) is 0. The van der Waals surface area contributed by atoms with Crippen molar-refractivity contribution in [3.05, 3.63) is 97.4 Å². The molecule has 152 valence electrons. The minimum absolute atomic E-state index is 0.225. The summed E-state index contributed by atoms with van der Waals surface area (Å²) < 4.78 is 5.29. The molecule has 3 aromatic rings. The lowest BCUT2D eigenvalue weighted by molar-refractivity contribution is 0.0734. The van der Waals surface area contributed by atoms with Gasteiger partial charge >= 0.3 is 5.97 Å². The molecule has 0 fully saturated rings. The molecule has 0 aliphatic rings. The van der Waals surface area contributed by atoms with Gasteiger partial charge in [0.15, 0.2) is 0 Å². The number of carbonyl (C=O) groups is 2. The summed E-state index contributed by atoms with van der Waals surface area (Å²) in [6.45, 7) is 0. The van der Waals surface area contributed by atoms with Crippen LogP contribution in [0.15, 0.2) is 65.8 Å². The van der Waals surface area contributed by atoms with E-state index in [9.17, 15) is 9.59 Å². The predicted octanol–water partition coefficient (Wildman–Crippen LogP) is 6.28. The third-order valence-electron chi connectivity index (χ3n) is 3.80. The van der Waals surface area contributed by atoms with E-state index in [1.54, 1.807) is 30.3 Å². The van der Waals surface area contributed by atoms with Gasteiger partial charge in [-0.05, 0) is 66.2 Å².